The molecule has 7 rings (SSSR count). The number of carbonyl (C=O) groups excluding carboxylic acids is 2. The van der Waals surface area contributed by atoms with Crippen LogP contribution in [0.15, 0.2) is 97.1 Å². The Morgan fingerprint density at radius 2 is 0.833 bits per heavy atom. The van der Waals surface area contributed by atoms with Gasteiger partial charge in [-0.15, -0.1) is 0 Å². The lowest BCUT2D eigenvalue weighted by Gasteiger charge is -2.14. The number of carbonyl (C=O) groups is 2. The van der Waals surface area contributed by atoms with E-state index in [1.807, 2.05) is 60.7 Å². The van der Waals surface area contributed by atoms with Crippen LogP contribution in [0.4, 0.5) is 0 Å². The summed E-state index contributed by atoms with van der Waals surface area (Å²) in [4.78, 5) is 26.6. The zero-order valence-corrected chi connectivity index (χ0v) is 19.3. The predicted molar refractivity (Wildman–Crippen MR) is 141 cm³/mol. The molecule has 1 aliphatic rings. The molecular formula is C32H20O4. The number of cyclic esters (lactones) is 2. The Labute approximate surface area is 206 Å². The Bertz CT molecular complexity index is 1750. The molecule has 0 N–H and O–H groups in total. The fraction of sp³-hybridized carbons (Fsp3) is 0.0625. The van der Waals surface area contributed by atoms with Crippen LogP contribution in [-0.2, 0) is 22.7 Å². The SMILES string of the molecule is O=C1OCc2cccc3cc4cccc(c4cc23)COC(=O)c2cccc3cc4cccc1c4cc23. The minimum Gasteiger partial charge on any atom is -0.457 e. The predicted octanol–water partition coefficient (Wildman–Crippen LogP) is 7.33. The van der Waals surface area contributed by atoms with Crippen molar-refractivity contribution in [2.75, 3.05) is 0 Å². The van der Waals surface area contributed by atoms with E-state index in [1.54, 1.807) is 12.1 Å². The van der Waals surface area contributed by atoms with Gasteiger partial charge in [0.2, 0.25) is 0 Å². The van der Waals surface area contributed by atoms with E-state index in [-0.39, 0.29) is 13.2 Å². The summed E-state index contributed by atoms with van der Waals surface area (Å²) in [5.41, 5.74) is 2.79. The second-order valence-corrected chi connectivity index (χ2v) is 9.19. The first-order valence-electron chi connectivity index (χ1n) is 11.9. The molecule has 0 aromatic heterocycles. The van der Waals surface area contributed by atoms with Crippen LogP contribution in [0.5, 0.6) is 0 Å². The van der Waals surface area contributed by atoms with Crippen molar-refractivity contribution in [3.05, 3.63) is 119 Å². The Balaban J connectivity index is 1.48. The van der Waals surface area contributed by atoms with Crippen LogP contribution >= 0.6 is 0 Å². The normalized spacial score (nSPS) is 13.9. The maximum Gasteiger partial charge on any atom is 0.339 e. The molecule has 36 heavy (non-hydrogen) atoms. The van der Waals surface area contributed by atoms with E-state index >= 15 is 0 Å². The van der Waals surface area contributed by atoms with Gasteiger partial charge in [-0.25, -0.2) is 9.59 Å². The van der Waals surface area contributed by atoms with Crippen molar-refractivity contribution >= 4 is 55.0 Å². The van der Waals surface area contributed by atoms with Crippen LogP contribution in [0, 0.1) is 0 Å². The van der Waals surface area contributed by atoms with Crippen molar-refractivity contribution in [2.45, 2.75) is 13.2 Å². The van der Waals surface area contributed by atoms with Gasteiger partial charge in [-0.05, 0) is 90.6 Å². The van der Waals surface area contributed by atoms with E-state index in [1.165, 1.54) is 0 Å². The Kier molecular flexibility index (Phi) is 4.55. The van der Waals surface area contributed by atoms with Gasteiger partial charge in [-0.1, -0.05) is 60.7 Å². The molecule has 4 bridgehead atoms. The number of benzene rings is 6. The second kappa shape index (κ2) is 7.92. The molecule has 0 aliphatic carbocycles. The lowest BCUT2D eigenvalue weighted by atomic mass is 9.96. The van der Waals surface area contributed by atoms with E-state index in [2.05, 4.69) is 24.3 Å². The van der Waals surface area contributed by atoms with E-state index < -0.39 is 11.9 Å². The first-order valence-corrected chi connectivity index (χ1v) is 11.9. The summed E-state index contributed by atoms with van der Waals surface area (Å²) in [7, 11) is 0. The molecule has 6 aromatic rings. The monoisotopic (exact) mass is 468 g/mol. The zero-order chi connectivity index (χ0) is 24.2. The lowest BCUT2D eigenvalue weighted by molar-refractivity contribution is 0.0468. The summed E-state index contributed by atoms with van der Waals surface area (Å²) in [6.07, 6.45) is 0. The smallest absolute Gasteiger partial charge is 0.339 e. The maximum atomic E-state index is 13.3. The topological polar surface area (TPSA) is 52.6 Å². The molecule has 4 nitrogen and oxygen atoms in total. The molecule has 6 aromatic carbocycles. The summed E-state index contributed by atoms with van der Waals surface area (Å²) in [5.74, 6) is -0.795. The molecule has 0 unspecified atom stereocenters. The molecule has 0 amide bonds. The van der Waals surface area contributed by atoms with Gasteiger partial charge in [0.25, 0.3) is 0 Å². The summed E-state index contributed by atoms with van der Waals surface area (Å²) in [6, 6.07) is 31.3. The highest BCUT2D eigenvalue weighted by atomic mass is 16.5. The van der Waals surface area contributed by atoms with Crippen molar-refractivity contribution in [3.8, 4) is 0 Å². The summed E-state index contributed by atoms with van der Waals surface area (Å²) >= 11 is 0. The Hall–Kier alpha value is -4.70. The van der Waals surface area contributed by atoms with Crippen molar-refractivity contribution in [1.29, 1.82) is 0 Å². The molecule has 0 saturated heterocycles. The summed E-state index contributed by atoms with van der Waals surface area (Å²) < 4.78 is 11.7. The molecule has 1 heterocycles. The zero-order valence-electron chi connectivity index (χ0n) is 19.3. The molecule has 0 spiro atoms. The highest BCUT2D eigenvalue weighted by Gasteiger charge is 2.18. The van der Waals surface area contributed by atoms with Crippen LogP contribution in [0.2, 0.25) is 0 Å². The Morgan fingerprint density at radius 3 is 1.31 bits per heavy atom. The minimum atomic E-state index is -0.398. The molecule has 0 atom stereocenters. The molecule has 1 aliphatic heterocycles. The van der Waals surface area contributed by atoms with Crippen LogP contribution in [-0.4, -0.2) is 11.9 Å². The Morgan fingerprint density at radius 1 is 0.444 bits per heavy atom. The standard InChI is InChI=1S/C32H20O4/c33-31-25-11-3-7-21-14-22-8-4-12-26(30(22)16-29(21)25)32(34)36-18-24-10-2-6-20-13-19-5-1-9-23(17-35-31)27(19)15-28(20)24/h1-16H,17-18H2. The average Bonchev–Trinajstić information content (AvgIpc) is 2.91. The van der Waals surface area contributed by atoms with E-state index in [0.29, 0.717) is 11.1 Å². The molecule has 0 fully saturated rings. The summed E-state index contributed by atoms with van der Waals surface area (Å²) in [6.45, 7) is 0.322. The van der Waals surface area contributed by atoms with Gasteiger partial charge in [0, 0.05) is 0 Å². The fourth-order valence-electron chi connectivity index (χ4n) is 5.28. The number of ether oxygens (including phenoxy) is 2. The molecule has 172 valence electrons. The quantitative estimate of drug-likeness (QED) is 0.173. The van der Waals surface area contributed by atoms with Crippen molar-refractivity contribution in [2.24, 2.45) is 0 Å². The van der Waals surface area contributed by atoms with Gasteiger partial charge in [0.05, 0.1) is 11.1 Å². The number of hydrogen-bond donors (Lipinski definition) is 0. The minimum absolute atomic E-state index is 0.161. The number of esters is 2. The molecule has 4 heteroatoms. The van der Waals surface area contributed by atoms with Crippen LogP contribution in [0.3, 0.4) is 0 Å². The van der Waals surface area contributed by atoms with Gasteiger partial charge < -0.3 is 9.47 Å². The van der Waals surface area contributed by atoms with E-state index in [4.69, 9.17) is 9.47 Å². The van der Waals surface area contributed by atoms with E-state index in [9.17, 15) is 9.59 Å². The average molecular weight is 469 g/mol. The van der Waals surface area contributed by atoms with Gasteiger partial charge in [-0.3, -0.25) is 0 Å². The number of rotatable bonds is 0. The molecule has 0 saturated carbocycles. The third-order valence-corrected chi connectivity index (χ3v) is 7.10. The maximum absolute atomic E-state index is 13.3. The van der Waals surface area contributed by atoms with E-state index in [0.717, 1.165) is 54.2 Å². The highest BCUT2D eigenvalue weighted by molar-refractivity contribution is 6.13. The third kappa shape index (κ3) is 3.23. The van der Waals surface area contributed by atoms with Gasteiger partial charge in [0.15, 0.2) is 0 Å². The molecule has 0 radical (unpaired) electrons. The summed E-state index contributed by atoms with van der Waals surface area (Å²) in [5, 5.41) is 7.44. The first kappa shape index (κ1) is 20.7. The van der Waals surface area contributed by atoms with Gasteiger partial charge in [-0.2, -0.15) is 0 Å². The van der Waals surface area contributed by atoms with Crippen molar-refractivity contribution in [3.63, 3.8) is 0 Å². The van der Waals surface area contributed by atoms with Crippen LogP contribution in [0.25, 0.3) is 43.1 Å². The largest absolute Gasteiger partial charge is 0.457 e. The third-order valence-electron chi connectivity index (χ3n) is 7.10. The lowest BCUT2D eigenvalue weighted by Crippen LogP contribution is -2.08. The molecular weight excluding hydrogens is 448 g/mol. The number of hydrogen-bond acceptors (Lipinski definition) is 4. The fourth-order valence-corrected chi connectivity index (χ4v) is 5.28. The van der Waals surface area contributed by atoms with Gasteiger partial charge >= 0.3 is 11.9 Å². The second-order valence-electron chi connectivity index (χ2n) is 9.19. The van der Waals surface area contributed by atoms with Gasteiger partial charge in [0.1, 0.15) is 13.2 Å². The first-order chi connectivity index (χ1) is 17.7. The van der Waals surface area contributed by atoms with Crippen LogP contribution in [0.1, 0.15) is 31.8 Å². The van der Waals surface area contributed by atoms with Crippen LogP contribution < -0.4 is 0 Å². The highest BCUT2D eigenvalue weighted by Crippen LogP contribution is 2.32. The van der Waals surface area contributed by atoms with Crippen molar-refractivity contribution < 1.29 is 19.1 Å². The van der Waals surface area contributed by atoms with Crippen molar-refractivity contribution in [1.82, 2.24) is 0 Å².